The van der Waals surface area contributed by atoms with E-state index in [2.05, 4.69) is 20.6 Å². The van der Waals surface area contributed by atoms with Crippen molar-refractivity contribution in [3.05, 3.63) is 78.1 Å². The normalized spacial score (nSPS) is 11.5. The number of halogens is 3. The van der Waals surface area contributed by atoms with Gasteiger partial charge in [0.1, 0.15) is 5.82 Å². The molecule has 0 saturated heterocycles. The molecular weight excluding hydrogens is 409 g/mol. The van der Waals surface area contributed by atoms with Crippen molar-refractivity contribution in [3.63, 3.8) is 0 Å². The van der Waals surface area contributed by atoms with Crippen LogP contribution in [-0.2, 0) is 6.18 Å². The first-order valence-electron chi connectivity index (χ1n) is 9.42. The van der Waals surface area contributed by atoms with Crippen molar-refractivity contribution in [3.8, 4) is 11.6 Å². The lowest BCUT2D eigenvalue weighted by Crippen LogP contribution is -2.29. The zero-order valence-electron chi connectivity index (χ0n) is 16.1. The Kier molecular flexibility index (Phi) is 5.57. The predicted octanol–water partition coefficient (Wildman–Crippen LogP) is 4.75. The van der Waals surface area contributed by atoms with Crippen LogP contribution in [0.5, 0.6) is 0 Å². The van der Waals surface area contributed by atoms with E-state index in [1.165, 1.54) is 6.26 Å². The minimum atomic E-state index is -4.44. The molecule has 0 unspecified atom stereocenters. The molecule has 4 aromatic rings. The highest BCUT2D eigenvalue weighted by molar-refractivity contribution is 5.94. The predicted molar refractivity (Wildman–Crippen MR) is 110 cm³/mol. The lowest BCUT2D eigenvalue weighted by Gasteiger charge is -2.11. The smallest absolute Gasteiger partial charge is 0.416 e. The number of furan rings is 1. The number of anilines is 1. The van der Waals surface area contributed by atoms with Crippen molar-refractivity contribution in [2.24, 2.45) is 0 Å². The zero-order valence-corrected chi connectivity index (χ0v) is 16.1. The highest BCUT2D eigenvalue weighted by Crippen LogP contribution is 2.29. The molecule has 0 saturated carbocycles. The van der Waals surface area contributed by atoms with Gasteiger partial charge in [-0.2, -0.15) is 13.2 Å². The van der Waals surface area contributed by atoms with Crippen molar-refractivity contribution in [2.45, 2.75) is 6.18 Å². The van der Waals surface area contributed by atoms with Crippen LogP contribution in [0.3, 0.4) is 0 Å². The van der Waals surface area contributed by atoms with E-state index in [0.29, 0.717) is 23.9 Å². The molecule has 4 rings (SSSR count). The third kappa shape index (κ3) is 4.66. The summed E-state index contributed by atoms with van der Waals surface area (Å²) in [6.45, 7) is 0.596. The molecule has 2 aromatic carbocycles. The van der Waals surface area contributed by atoms with E-state index < -0.39 is 17.6 Å². The topological polar surface area (TPSA) is 80.0 Å². The number of nitrogens with zero attached hydrogens (tertiary/aromatic N) is 2. The monoisotopic (exact) mass is 426 g/mol. The molecule has 31 heavy (non-hydrogen) atoms. The van der Waals surface area contributed by atoms with Gasteiger partial charge in [-0.3, -0.25) is 4.79 Å². The first-order valence-corrected chi connectivity index (χ1v) is 9.42. The summed E-state index contributed by atoms with van der Waals surface area (Å²) in [4.78, 5) is 21.2. The Hall–Kier alpha value is -3.88. The van der Waals surface area contributed by atoms with E-state index in [0.717, 1.165) is 35.2 Å². The van der Waals surface area contributed by atoms with Crippen LogP contribution in [0.2, 0.25) is 0 Å². The number of hydrogen-bond donors (Lipinski definition) is 2. The van der Waals surface area contributed by atoms with Crippen molar-refractivity contribution >= 4 is 22.6 Å². The van der Waals surface area contributed by atoms with E-state index in [-0.39, 0.29) is 12.1 Å². The number of nitrogens with one attached hydrogen (secondary N) is 2. The Morgan fingerprint density at radius 1 is 0.935 bits per heavy atom. The first kappa shape index (κ1) is 20.4. The average molecular weight is 426 g/mol. The molecule has 0 aliphatic heterocycles. The van der Waals surface area contributed by atoms with E-state index in [4.69, 9.17) is 4.42 Å². The Morgan fingerprint density at radius 3 is 2.42 bits per heavy atom. The third-order valence-electron chi connectivity index (χ3n) is 4.52. The van der Waals surface area contributed by atoms with Gasteiger partial charge in [-0.1, -0.05) is 12.1 Å². The van der Waals surface area contributed by atoms with Gasteiger partial charge >= 0.3 is 6.18 Å². The maximum Gasteiger partial charge on any atom is 0.416 e. The number of rotatable bonds is 6. The maximum atomic E-state index is 12.6. The minimum absolute atomic E-state index is 0.153. The van der Waals surface area contributed by atoms with E-state index in [1.807, 2.05) is 24.3 Å². The van der Waals surface area contributed by atoms with Gasteiger partial charge in [0.25, 0.3) is 5.91 Å². The SMILES string of the molecule is O=C(NCCNc1nc(-c2ccco2)nc2ccccc12)c1ccc(C(F)(F)F)cc1. The number of carbonyl (C=O) groups excluding carboxylic acids is 1. The van der Waals surface area contributed by atoms with Crippen LogP contribution in [0.25, 0.3) is 22.5 Å². The van der Waals surface area contributed by atoms with Crippen molar-refractivity contribution in [1.29, 1.82) is 0 Å². The molecule has 0 aliphatic carbocycles. The number of hydrogen-bond acceptors (Lipinski definition) is 5. The molecule has 1 amide bonds. The molecule has 2 N–H and O–H groups in total. The quantitative estimate of drug-likeness (QED) is 0.435. The Labute approximate surface area is 175 Å². The molecular formula is C22H17F3N4O2. The highest BCUT2D eigenvalue weighted by Gasteiger charge is 2.30. The lowest BCUT2D eigenvalue weighted by atomic mass is 10.1. The van der Waals surface area contributed by atoms with Gasteiger partial charge in [0.2, 0.25) is 0 Å². The summed E-state index contributed by atoms with van der Waals surface area (Å²) < 4.78 is 43.3. The summed E-state index contributed by atoms with van der Waals surface area (Å²) in [6.07, 6.45) is -2.90. The fourth-order valence-corrected chi connectivity index (χ4v) is 3.00. The van der Waals surface area contributed by atoms with Crippen LogP contribution in [0.15, 0.2) is 71.3 Å². The molecule has 2 aromatic heterocycles. The van der Waals surface area contributed by atoms with Crippen molar-refractivity contribution in [1.82, 2.24) is 15.3 Å². The van der Waals surface area contributed by atoms with Crippen molar-refractivity contribution in [2.75, 3.05) is 18.4 Å². The fourth-order valence-electron chi connectivity index (χ4n) is 3.00. The van der Waals surface area contributed by atoms with Gasteiger partial charge in [-0.15, -0.1) is 0 Å². The minimum Gasteiger partial charge on any atom is -0.461 e. The lowest BCUT2D eigenvalue weighted by molar-refractivity contribution is -0.137. The molecule has 0 atom stereocenters. The molecule has 0 aliphatic rings. The number of alkyl halides is 3. The maximum absolute atomic E-state index is 12.6. The number of fused-ring (bicyclic) bond motifs is 1. The van der Waals surface area contributed by atoms with E-state index in [9.17, 15) is 18.0 Å². The van der Waals surface area contributed by atoms with Gasteiger partial charge < -0.3 is 15.1 Å². The van der Waals surface area contributed by atoms with Crippen LogP contribution in [0.4, 0.5) is 19.0 Å². The summed E-state index contributed by atoms with van der Waals surface area (Å²) in [6, 6.07) is 15.1. The molecule has 0 bridgehead atoms. The summed E-state index contributed by atoms with van der Waals surface area (Å²) in [5.74, 6) is 1.09. The average Bonchev–Trinajstić information content (AvgIpc) is 3.31. The highest BCUT2D eigenvalue weighted by atomic mass is 19.4. The second kappa shape index (κ2) is 8.47. The molecule has 2 heterocycles. The molecule has 158 valence electrons. The largest absolute Gasteiger partial charge is 0.461 e. The van der Waals surface area contributed by atoms with Gasteiger partial charge in [0.15, 0.2) is 11.6 Å². The molecule has 0 fully saturated rings. The number of carbonyl (C=O) groups is 1. The van der Waals surface area contributed by atoms with Gasteiger partial charge in [0.05, 0.1) is 17.3 Å². The number of aromatic nitrogens is 2. The molecule has 0 spiro atoms. The fraction of sp³-hybridized carbons (Fsp3) is 0.136. The van der Waals surface area contributed by atoms with Crippen molar-refractivity contribution < 1.29 is 22.4 Å². The summed E-state index contributed by atoms with van der Waals surface area (Å²) in [5, 5.41) is 6.65. The van der Waals surface area contributed by atoms with Crippen LogP contribution >= 0.6 is 0 Å². The summed E-state index contributed by atoms with van der Waals surface area (Å²) in [5.41, 5.74) is 0.0921. The van der Waals surface area contributed by atoms with E-state index >= 15 is 0 Å². The van der Waals surface area contributed by atoms with Crippen LogP contribution < -0.4 is 10.6 Å². The summed E-state index contributed by atoms with van der Waals surface area (Å²) >= 11 is 0. The third-order valence-corrected chi connectivity index (χ3v) is 4.52. The summed E-state index contributed by atoms with van der Waals surface area (Å²) in [7, 11) is 0. The zero-order chi connectivity index (χ0) is 21.8. The Balaban J connectivity index is 1.41. The Bertz CT molecular complexity index is 1190. The van der Waals surface area contributed by atoms with Crippen LogP contribution in [-0.4, -0.2) is 29.0 Å². The molecule has 0 radical (unpaired) electrons. The number of para-hydroxylation sites is 1. The van der Waals surface area contributed by atoms with E-state index in [1.54, 1.807) is 12.1 Å². The molecule has 6 nitrogen and oxygen atoms in total. The molecule has 9 heteroatoms. The van der Waals surface area contributed by atoms with Gasteiger partial charge in [-0.05, 0) is 48.5 Å². The van der Waals surface area contributed by atoms with Crippen LogP contribution in [0.1, 0.15) is 15.9 Å². The second-order valence-electron chi connectivity index (χ2n) is 6.65. The number of benzene rings is 2. The number of amides is 1. The van der Waals surface area contributed by atoms with Gasteiger partial charge in [0, 0.05) is 24.0 Å². The van der Waals surface area contributed by atoms with Gasteiger partial charge in [-0.25, -0.2) is 9.97 Å². The second-order valence-corrected chi connectivity index (χ2v) is 6.65. The Morgan fingerprint density at radius 2 is 1.71 bits per heavy atom. The first-order chi connectivity index (χ1) is 14.9. The standard InChI is InChI=1S/C22H17F3N4O2/c23-22(24,25)15-9-7-14(8-10-15)21(30)27-12-11-26-19-16-4-1-2-5-17(16)28-20(29-19)18-6-3-13-31-18/h1-10,13H,11-12H2,(H,27,30)(H,26,28,29). The van der Waals surface area contributed by atoms with Crippen LogP contribution in [0, 0.1) is 0 Å².